The summed E-state index contributed by atoms with van der Waals surface area (Å²) in [4.78, 5) is 8.67. The van der Waals surface area contributed by atoms with Crippen molar-refractivity contribution in [2.75, 3.05) is 5.84 Å². The number of aryl methyl sites for hydroxylation is 1. The minimum absolute atomic E-state index is 0.465. The van der Waals surface area contributed by atoms with E-state index in [1.54, 1.807) is 18.4 Å². The molecular formula is C15H12N6OS. The van der Waals surface area contributed by atoms with E-state index in [-0.39, 0.29) is 0 Å². The largest absolute Gasteiger partial charge is 0.461 e. The molecule has 0 aliphatic rings. The van der Waals surface area contributed by atoms with E-state index < -0.39 is 0 Å². The zero-order chi connectivity index (χ0) is 15.8. The molecule has 0 aliphatic heterocycles. The van der Waals surface area contributed by atoms with Gasteiger partial charge in [0.15, 0.2) is 5.76 Å². The van der Waals surface area contributed by atoms with Crippen molar-refractivity contribution in [1.82, 2.24) is 24.8 Å². The summed E-state index contributed by atoms with van der Waals surface area (Å²) in [5, 5.41) is 10.5. The van der Waals surface area contributed by atoms with E-state index in [2.05, 4.69) is 20.2 Å². The lowest BCUT2D eigenvalue weighted by atomic mass is 10.1. The highest BCUT2D eigenvalue weighted by Gasteiger charge is 2.17. The standard InChI is InChI=1S/C15H12N6OS/c1-9-4-2-5-10-12(9)14(18-8-17-10)23-15-20-19-13(21(15)16)11-6-3-7-22-11/h2-8H,16H2,1H3. The van der Waals surface area contributed by atoms with Crippen LogP contribution in [0.2, 0.25) is 0 Å². The number of nitrogens with two attached hydrogens (primary N) is 1. The van der Waals surface area contributed by atoms with Crippen LogP contribution < -0.4 is 5.84 Å². The van der Waals surface area contributed by atoms with Crippen molar-refractivity contribution in [3.63, 3.8) is 0 Å². The van der Waals surface area contributed by atoms with E-state index in [9.17, 15) is 0 Å². The molecule has 0 radical (unpaired) electrons. The van der Waals surface area contributed by atoms with Gasteiger partial charge < -0.3 is 10.3 Å². The number of hydrogen-bond acceptors (Lipinski definition) is 7. The maximum atomic E-state index is 6.09. The maximum Gasteiger partial charge on any atom is 0.218 e. The smallest absolute Gasteiger partial charge is 0.218 e. The van der Waals surface area contributed by atoms with E-state index in [0.29, 0.717) is 16.7 Å². The first-order valence-electron chi connectivity index (χ1n) is 6.86. The van der Waals surface area contributed by atoms with Crippen molar-refractivity contribution in [3.05, 3.63) is 48.5 Å². The molecule has 8 heteroatoms. The van der Waals surface area contributed by atoms with Crippen molar-refractivity contribution in [2.24, 2.45) is 0 Å². The number of nitrogens with zero attached hydrogens (tertiary/aromatic N) is 5. The number of aromatic nitrogens is 5. The number of benzene rings is 1. The molecule has 0 saturated carbocycles. The highest BCUT2D eigenvalue weighted by molar-refractivity contribution is 7.99. The first kappa shape index (κ1) is 13.8. The van der Waals surface area contributed by atoms with Gasteiger partial charge in [-0.3, -0.25) is 0 Å². The molecule has 0 amide bonds. The molecule has 3 heterocycles. The van der Waals surface area contributed by atoms with E-state index in [1.807, 2.05) is 25.1 Å². The number of nitrogen functional groups attached to an aromatic ring is 1. The Labute approximate surface area is 135 Å². The quantitative estimate of drug-likeness (QED) is 0.457. The third-order valence-electron chi connectivity index (χ3n) is 3.43. The molecule has 0 unspecified atom stereocenters. The second-order valence-electron chi connectivity index (χ2n) is 4.90. The molecule has 0 spiro atoms. The molecule has 114 valence electrons. The van der Waals surface area contributed by atoms with Gasteiger partial charge in [0.2, 0.25) is 11.0 Å². The molecule has 0 fully saturated rings. The fourth-order valence-electron chi connectivity index (χ4n) is 2.33. The number of furan rings is 1. The normalized spacial score (nSPS) is 11.2. The van der Waals surface area contributed by atoms with Crippen LogP contribution in [-0.4, -0.2) is 24.8 Å². The molecule has 3 aromatic heterocycles. The lowest BCUT2D eigenvalue weighted by molar-refractivity contribution is 0.574. The van der Waals surface area contributed by atoms with E-state index in [4.69, 9.17) is 10.3 Å². The van der Waals surface area contributed by atoms with E-state index in [1.165, 1.54) is 22.8 Å². The van der Waals surface area contributed by atoms with E-state index >= 15 is 0 Å². The van der Waals surface area contributed by atoms with Gasteiger partial charge >= 0.3 is 0 Å². The van der Waals surface area contributed by atoms with Crippen LogP contribution in [-0.2, 0) is 0 Å². The molecule has 4 aromatic rings. The van der Waals surface area contributed by atoms with Crippen LogP contribution >= 0.6 is 11.8 Å². The number of fused-ring (bicyclic) bond motifs is 1. The first-order chi connectivity index (χ1) is 11.2. The maximum absolute atomic E-state index is 6.09. The Morgan fingerprint density at radius 3 is 2.87 bits per heavy atom. The zero-order valence-corrected chi connectivity index (χ0v) is 13.0. The molecule has 0 aliphatic carbocycles. The Bertz CT molecular complexity index is 974. The van der Waals surface area contributed by atoms with Crippen molar-refractivity contribution < 1.29 is 4.42 Å². The minimum Gasteiger partial charge on any atom is -0.461 e. The Morgan fingerprint density at radius 1 is 1.13 bits per heavy atom. The molecular weight excluding hydrogens is 312 g/mol. The molecule has 2 N–H and O–H groups in total. The Hall–Kier alpha value is -2.87. The van der Waals surface area contributed by atoms with Crippen molar-refractivity contribution in [2.45, 2.75) is 17.1 Å². The van der Waals surface area contributed by atoms with Gasteiger partial charge in [0.1, 0.15) is 11.4 Å². The molecule has 0 atom stereocenters. The Morgan fingerprint density at radius 2 is 2.04 bits per heavy atom. The molecule has 0 saturated heterocycles. The summed E-state index contributed by atoms with van der Waals surface area (Å²) in [7, 11) is 0. The van der Waals surface area contributed by atoms with Crippen LogP contribution in [0.25, 0.3) is 22.5 Å². The predicted octanol–water partition coefficient (Wildman–Crippen LogP) is 2.65. The lowest BCUT2D eigenvalue weighted by Gasteiger charge is -2.06. The first-order valence-corrected chi connectivity index (χ1v) is 7.68. The van der Waals surface area contributed by atoms with Crippen LogP contribution in [0.3, 0.4) is 0 Å². The van der Waals surface area contributed by atoms with Crippen LogP contribution in [0, 0.1) is 6.92 Å². The third kappa shape index (κ3) is 2.33. The number of hydrogen-bond donors (Lipinski definition) is 1. The van der Waals surface area contributed by atoms with E-state index in [0.717, 1.165) is 21.5 Å². The monoisotopic (exact) mass is 324 g/mol. The van der Waals surface area contributed by atoms with Gasteiger partial charge in [-0.2, -0.15) is 0 Å². The van der Waals surface area contributed by atoms with Gasteiger partial charge in [-0.05, 0) is 42.4 Å². The summed E-state index contributed by atoms with van der Waals surface area (Å²) in [6.45, 7) is 2.03. The van der Waals surface area contributed by atoms with Crippen LogP contribution in [0.15, 0.2) is 57.5 Å². The van der Waals surface area contributed by atoms with Crippen molar-refractivity contribution >= 4 is 22.7 Å². The molecule has 7 nitrogen and oxygen atoms in total. The van der Waals surface area contributed by atoms with Crippen molar-refractivity contribution in [1.29, 1.82) is 0 Å². The summed E-state index contributed by atoms with van der Waals surface area (Å²) in [5.41, 5.74) is 1.98. The molecule has 1 aromatic carbocycles. The predicted molar refractivity (Wildman–Crippen MR) is 86.3 cm³/mol. The van der Waals surface area contributed by atoms with Crippen LogP contribution in [0.5, 0.6) is 0 Å². The van der Waals surface area contributed by atoms with Crippen LogP contribution in [0.1, 0.15) is 5.56 Å². The average molecular weight is 324 g/mol. The van der Waals surface area contributed by atoms with Crippen molar-refractivity contribution in [3.8, 4) is 11.6 Å². The fourth-order valence-corrected chi connectivity index (χ4v) is 3.24. The van der Waals surface area contributed by atoms with Gasteiger partial charge in [0.05, 0.1) is 11.8 Å². The number of rotatable bonds is 3. The van der Waals surface area contributed by atoms with Gasteiger partial charge in [0, 0.05) is 5.39 Å². The van der Waals surface area contributed by atoms with Gasteiger partial charge in [-0.15, -0.1) is 10.2 Å². The molecule has 4 rings (SSSR count). The van der Waals surface area contributed by atoms with Gasteiger partial charge in [-0.1, -0.05) is 12.1 Å². The molecule has 23 heavy (non-hydrogen) atoms. The average Bonchev–Trinajstić information content (AvgIpc) is 3.18. The Kier molecular flexibility index (Phi) is 3.23. The SMILES string of the molecule is Cc1cccc2ncnc(Sc3nnc(-c4ccco4)n3N)c12. The molecule has 0 bridgehead atoms. The summed E-state index contributed by atoms with van der Waals surface area (Å²) < 4.78 is 6.71. The second-order valence-corrected chi connectivity index (χ2v) is 5.86. The summed E-state index contributed by atoms with van der Waals surface area (Å²) in [6, 6.07) is 9.51. The highest BCUT2D eigenvalue weighted by Crippen LogP contribution is 2.32. The van der Waals surface area contributed by atoms with Gasteiger partial charge in [-0.25, -0.2) is 14.6 Å². The minimum atomic E-state index is 0.465. The third-order valence-corrected chi connectivity index (χ3v) is 4.39. The lowest BCUT2D eigenvalue weighted by Crippen LogP contribution is -2.11. The second kappa shape index (κ2) is 5.40. The zero-order valence-electron chi connectivity index (χ0n) is 12.2. The fraction of sp³-hybridized carbons (Fsp3) is 0.0667. The summed E-state index contributed by atoms with van der Waals surface area (Å²) >= 11 is 1.35. The van der Waals surface area contributed by atoms with Crippen LogP contribution in [0.4, 0.5) is 0 Å². The Balaban J connectivity index is 1.78. The topological polar surface area (TPSA) is 95.6 Å². The van der Waals surface area contributed by atoms with Gasteiger partial charge in [0.25, 0.3) is 0 Å². The summed E-state index contributed by atoms with van der Waals surface area (Å²) in [6.07, 6.45) is 3.10. The highest BCUT2D eigenvalue weighted by atomic mass is 32.2. The summed E-state index contributed by atoms with van der Waals surface area (Å²) in [5.74, 6) is 7.12.